The van der Waals surface area contributed by atoms with E-state index >= 15 is 0 Å². The van der Waals surface area contributed by atoms with Crippen LogP contribution in [0.3, 0.4) is 0 Å². The molecule has 35 heavy (non-hydrogen) atoms. The van der Waals surface area contributed by atoms with Gasteiger partial charge in [-0.05, 0) is 56.2 Å². The maximum absolute atomic E-state index is 6.57. The highest BCUT2D eigenvalue weighted by molar-refractivity contribution is 6.01. The zero-order valence-electron chi connectivity index (χ0n) is 20.5. The number of hydrogen-bond acceptors (Lipinski definition) is 3. The molecule has 0 bridgehead atoms. The van der Waals surface area contributed by atoms with Gasteiger partial charge in [0.15, 0.2) is 0 Å². The number of allylic oxidation sites excluding steroid dienone is 8. The van der Waals surface area contributed by atoms with Crippen molar-refractivity contribution in [2.24, 2.45) is 22.1 Å². The highest BCUT2D eigenvalue weighted by atomic mass is 16.5. The number of hydrogen-bond donors (Lipinski definition) is 1. The van der Waals surface area contributed by atoms with E-state index in [9.17, 15) is 0 Å². The zero-order chi connectivity index (χ0) is 24.3. The van der Waals surface area contributed by atoms with Crippen molar-refractivity contribution in [3.05, 3.63) is 102 Å². The molecule has 3 aromatic rings. The Kier molecular flexibility index (Phi) is 4.75. The number of benzene rings is 2. The van der Waals surface area contributed by atoms with Gasteiger partial charge in [0.25, 0.3) is 0 Å². The molecule has 6 rings (SSSR count). The van der Waals surface area contributed by atoms with Crippen LogP contribution >= 0.6 is 0 Å². The summed E-state index contributed by atoms with van der Waals surface area (Å²) in [5, 5.41) is 1.09. The Morgan fingerprint density at radius 1 is 1.03 bits per heavy atom. The third-order valence-electron chi connectivity index (χ3n) is 7.61. The van der Waals surface area contributed by atoms with Gasteiger partial charge in [0.05, 0.1) is 5.52 Å². The largest absolute Gasteiger partial charge is 0.436 e. The average Bonchev–Trinajstić information content (AvgIpc) is 3.05. The van der Waals surface area contributed by atoms with Crippen molar-refractivity contribution in [3.8, 4) is 16.9 Å². The summed E-state index contributed by atoms with van der Waals surface area (Å²) in [6.07, 6.45) is 17.5. The van der Waals surface area contributed by atoms with E-state index in [1.807, 2.05) is 25.1 Å². The predicted molar refractivity (Wildman–Crippen MR) is 146 cm³/mol. The summed E-state index contributed by atoms with van der Waals surface area (Å²) >= 11 is 0. The van der Waals surface area contributed by atoms with Gasteiger partial charge in [-0.2, -0.15) is 0 Å². The first kappa shape index (κ1) is 21.5. The summed E-state index contributed by atoms with van der Waals surface area (Å²) in [5.41, 5.74) is 14.8. The maximum atomic E-state index is 6.57. The molecule has 4 heteroatoms. The third-order valence-corrected chi connectivity index (χ3v) is 7.61. The molecule has 0 radical (unpaired) electrons. The van der Waals surface area contributed by atoms with Gasteiger partial charge in [-0.15, -0.1) is 0 Å². The van der Waals surface area contributed by atoms with E-state index in [1.165, 1.54) is 17.0 Å². The predicted octanol–water partition coefficient (Wildman–Crippen LogP) is 7.15. The number of aliphatic imine (C=N–C) groups is 1. The normalized spacial score (nSPS) is 22.6. The van der Waals surface area contributed by atoms with Gasteiger partial charge in [-0.1, -0.05) is 61.6 Å². The Balaban J connectivity index is 1.63. The minimum absolute atomic E-state index is 0.0445. The molecule has 2 heterocycles. The quantitative estimate of drug-likeness (QED) is 0.414. The first-order chi connectivity index (χ1) is 16.9. The summed E-state index contributed by atoms with van der Waals surface area (Å²) in [5.74, 6) is 1.61. The molecule has 0 spiro atoms. The van der Waals surface area contributed by atoms with Crippen LogP contribution in [0.5, 0.6) is 5.75 Å². The van der Waals surface area contributed by atoms with Gasteiger partial charge in [0.2, 0.25) is 5.88 Å². The van der Waals surface area contributed by atoms with Gasteiger partial charge < -0.3 is 15.0 Å². The van der Waals surface area contributed by atoms with Crippen LogP contribution in [-0.4, -0.2) is 10.8 Å². The van der Waals surface area contributed by atoms with Crippen LogP contribution in [0.15, 0.2) is 89.8 Å². The molecule has 2 unspecified atom stereocenters. The lowest BCUT2D eigenvalue weighted by Gasteiger charge is -2.34. The number of rotatable bonds is 2. The number of nitrogens with zero attached hydrogens (tertiary/aromatic N) is 2. The van der Waals surface area contributed by atoms with Crippen LogP contribution in [0.1, 0.15) is 30.7 Å². The monoisotopic (exact) mass is 459 g/mol. The summed E-state index contributed by atoms with van der Waals surface area (Å²) in [6, 6.07) is 12.5. The molecule has 174 valence electrons. The molecule has 1 aromatic heterocycles. The second kappa shape index (κ2) is 7.74. The fraction of sp³-hybridized carbons (Fsp3) is 0.194. The first-order valence-corrected chi connectivity index (χ1v) is 12.1. The van der Waals surface area contributed by atoms with Crippen LogP contribution in [-0.2, 0) is 0 Å². The first-order valence-electron chi connectivity index (χ1n) is 12.1. The van der Waals surface area contributed by atoms with Gasteiger partial charge in [0, 0.05) is 45.5 Å². The van der Waals surface area contributed by atoms with Crippen molar-refractivity contribution in [1.29, 1.82) is 0 Å². The fourth-order valence-corrected chi connectivity index (χ4v) is 5.62. The molecule has 2 N–H and O–H groups in total. The lowest BCUT2D eigenvalue weighted by Crippen LogP contribution is -2.25. The maximum Gasteiger partial charge on any atom is 0.243 e. The van der Waals surface area contributed by atoms with Gasteiger partial charge in [-0.3, -0.25) is 0 Å². The molecule has 4 nitrogen and oxygen atoms in total. The molecular weight excluding hydrogens is 430 g/mol. The van der Waals surface area contributed by atoms with E-state index < -0.39 is 0 Å². The van der Waals surface area contributed by atoms with Gasteiger partial charge in [0.1, 0.15) is 11.4 Å². The Hall–Kier alpha value is -4.05. The zero-order valence-corrected chi connectivity index (χ0v) is 20.5. The molecule has 2 atom stereocenters. The average molecular weight is 460 g/mol. The van der Waals surface area contributed by atoms with Crippen LogP contribution < -0.4 is 10.5 Å². The van der Waals surface area contributed by atoms with E-state index in [1.54, 1.807) is 6.21 Å². The summed E-state index contributed by atoms with van der Waals surface area (Å²) in [6.45, 7) is 8.52. The molecule has 0 fully saturated rings. The van der Waals surface area contributed by atoms with Crippen LogP contribution in [0, 0.1) is 25.2 Å². The van der Waals surface area contributed by atoms with Crippen LogP contribution in [0.4, 0.5) is 0 Å². The van der Waals surface area contributed by atoms with Crippen molar-refractivity contribution in [2.45, 2.75) is 27.7 Å². The topological polar surface area (TPSA) is 52.5 Å². The van der Waals surface area contributed by atoms with E-state index in [0.29, 0.717) is 17.5 Å². The number of fused-ring (bicyclic) bond motifs is 6. The standard InChI is InChI=1S/C31H29N3O/c1-5-33-30-28(32)24-12-7-6-11-23(24)25-15-16-26-27(29(25)35-30)19(2)20(3)34(26)22-14-13-21-10-8-9-17-31(21,4)18-22/h5-18,21H,32H2,1-4H3/b33-5-. The lowest BCUT2D eigenvalue weighted by atomic mass is 9.71. The Bertz CT molecular complexity index is 1570. The second-order valence-corrected chi connectivity index (χ2v) is 9.70. The number of nitrogens with two attached hydrogens (primary N) is 1. The Labute approximate surface area is 206 Å². The van der Waals surface area contributed by atoms with Crippen molar-refractivity contribution in [3.63, 3.8) is 0 Å². The smallest absolute Gasteiger partial charge is 0.243 e. The number of aryl methyl sites for hydroxylation is 1. The van der Waals surface area contributed by atoms with Crippen LogP contribution in [0.25, 0.3) is 33.4 Å². The Morgan fingerprint density at radius 2 is 1.83 bits per heavy atom. The van der Waals surface area contributed by atoms with Crippen LogP contribution in [0.2, 0.25) is 0 Å². The van der Waals surface area contributed by atoms with Gasteiger partial charge in [-0.25, -0.2) is 4.99 Å². The molecule has 0 amide bonds. The molecule has 0 saturated heterocycles. The van der Waals surface area contributed by atoms with E-state index in [4.69, 9.17) is 10.5 Å². The molecule has 2 aromatic carbocycles. The minimum Gasteiger partial charge on any atom is -0.436 e. The van der Waals surface area contributed by atoms with E-state index in [0.717, 1.165) is 33.3 Å². The summed E-state index contributed by atoms with van der Waals surface area (Å²) in [7, 11) is 0. The number of ether oxygens (including phenoxy) is 1. The number of aromatic nitrogens is 1. The van der Waals surface area contributed by atoms with Crippen molar-refractivity contribution < 1.29 is 4.74 Å². The lowest BCUT2D eigenvalue weighted by molar-refractivity contribution is 0.431. The van der Waals surface area contributed by atoms with E-state index in [-0.39, 0.29) is 5.41 Å². The van der Waals surface area contributed by atoms with Crippen molar-refractivity contribution in [1.82, 2.24) is 4.57 Å². The molecular formula is C31H29N3O. The third kappa shape index (κ3) is 3.09. The fourth-order valence-electron chi connectivity index (χ4n) is 5.62. The van der Waals surface area contributed by atoms with E-state index in [2.05, 4.69) is 91.1 Å². The molecule has 2 aliphatic carbocycles. The van der Waals surface area contributed by atoms with Gasteiger partial charge >= 0.3 is 0 Å². The van der Waals surface area contributed by atoms with Crippen molar-refractivity contribution >= 4 is 28.5 Å². The highest BCUT2D eigenvalue weighted by Crippen LogP contribution is 2.47. The SMILES string of the molecule is C/C=N\C1=C(N)c2ccccc2-c2ccc3c(c(C)c(C)n3C3=CC4(C)C=CC=CC4C=C3)c2O1. The van der Waals surface area contributed by atoms with Crippen molar-refractivity contribution in [2.75, 3.05) is 0 Å². The minimum atomic E-state index is -0.0445. The molecule has 1 aliphatic heterocycles. The summed E-state index contributed by atoms with van der Waals surface area (Å²) < 4.78 is 8.89. The highest BCUT2D eigenvalue weighted by Gasteiger charge is 2.32. The molecule has 0 saturated carbocycles. The summed E-state index contributed by atoms with van der Waals surface area (Å²) in [4.78, 5) is 4.50. The molecule has 3 aliphatic rings. The second-order valence-electron chi connectivity index (χ2n) is 9.70. The Morgan fingerprint density at radius 3 is 2.63 bits per heavy atom.